The number of benzene rings is 1. The van der Waals surface area contributed by atoms with Gasteiger partial charge in [-0.1, -0.05) is 17.7 Å². The molecule has 0 aromatic heterocycles. The molecule has 1 aromatic carbocycles. The van der Waals surface area contributed by atoms with E-state index in [-0.39, 0.29) is 23.3 Å². The van der Waals surface area contributed by atoms with E-state index in [4.69, 9.17) is 4.18 Å². The van der Waals surface area contributed by atoms with Crippen LogP contribution in [0.4, 0.5) is 0 Å². The second-order valence-corrected chi connectivity index (χ2v) is 7.20. The molecule has 0 radical (unpaired) electrons. The van der Waals surface area contributed by atoms with Crippen molar-refractivity contribution in [1.82, 2.24) is 4.90 Å². The highest BCUT2D eigenvalue weighted by Crippen LogP contribution is 2.15. The summed E-state index contributed by atoms with van der Waals surface area (Å²) in [5.41, 5.74) is 0.972. The Morgan fingerprint density at radius 3 is 2.26 bits per heavy atom. The van der Waals surface area contributed by atoms with Crippen molar-refractivity contribution in [2.45, 2.75) is 43.9 Å². The maximum Gasteiger partial charge on any atom is 0.296 e. The molecule has 0 aliphatic carbocycles. The van der Waals surface area contributed by atoms with Gasteiger partial charge < -0.3 is 0 Å². The van der Waals surface area contributed by atoms with E-state index in [0.717, 1.165) is 5.56 Å². The van der Waals surface area contributed by atoms with Crippen LogP contribution in [0.15, 0.2) is 29.2 Å². The van der Waals surface area contributed by atoms with Gasteiger partial charge in [0.1, 0.15) is 0 Å². The Balaban J connectivity index is 1.75. The van der Waals surface area contributed by atoms with Crippen LogP contribution in [0, 0.1) is 6.92 Å². The van der Waals surface area contributed by atoms with Crippen LogP contribution in [0.2, 0.25) is 0 Å². The van der Waals surface area contributed by atoms with Crippen molar-refractivity contribution >= 4 is 21.9 Å². The first-order chi connectivity index (χ1) is 10.9. The zero-order valence-corrected chi connectivity index (χ0v) is 14.0. The number of likely N-dealkylation sites (tertiary alicyclic amines) is 1. The van der Waals surface area contributed by atoms with Crippen LogP contribution in [-0.4, -0.2) is 38.3 Å². The van der Waals surface area contributed by atoms with E-state index in [9.17, 15) is 18.0 Å². The maximum atomic E-state index is 12.0. The Morgan fingerprint density at radius 2 is 1.65 bits per heavy atom. The van der Waals surface area contributed by atoms with Gasteiger partial charge in [0, 0.05) is 19.4 Å². The van der Waals surface area contributed by atoms with E-state index in [2.05, 4.69) is 0 Å². The number of nitrogens with zero attached hydrogens (tertiary/aromatic N) is 1. The van der Waals surface area contributed by atoms with Gasteiger partial charge in [-0.05, 0) is 38.3 Å². The van der Waals surface area contributed by atoms with Gasteiger partial charge in [-0.25, -0.2) is 0 Å². The number of aryl methyl sites for hydroxylation is 1. The van der Waals surface area contributed by atoms with Crippen molar-refractivity contribution in [1.29, 1.82) is 0 Å². The van der Waals surface area contributed by atoms with Gasteiger partial charge in [0.25, 0.3) is 10.1 Å². The van der Waals surface area contributed by atoms with Crippen molar-refractivity contribution in [2.24, 2.45) is 0 Å². The van der Waals surface area contributed by atoms with Crippen LogP contribution in [0.5, 0.6) is 0 Å². The summed E-state index contributed by atoms with van der Waals surface area (Å²) >= 11 is 0. The van der Waals surface area contributed by atoms with Crippen LogP contribution in [0.25, 0.3) is 0 Å². The van der Waals surface area contributed by atoms with E-state index < -0.39 is 10.1 Å². The Hall–Kier alpha value is -1.73. The van der Waals surface area contributed by atoms with Gasteiger partial charge >= 0.3 is 0 Å². The number of imide groups is 1. The van der Waals surface area contributed by atoms with E-state index in [1.165, 1.54) is 17.0 Å². The van der Waals surface area contributed by atoms with Gasteiger partial charge in [0.05, 0.1) is 11.5 Å². The minimum absolute atomic E-state index is 0.0342. The number of hydrogen-bond acceptors (Lipinski definition) is 5. The van der Waals surface area contributed by atoms with Crippen molar-refractivity contribution in [2.75, 3.05) is 13.2 Å². The SMILES string of the molecule is Cc1ccc(S(=O)(=O)OCCCCN2C(=O)CCCC2=O)cc1. The highest BCUT2D eigenvalue weighted by Gasteiger charge is 2.25. The molecular weight excluding hydrogens is 318 g/mol. The molecule has 0 bridgehead atoms. The summed E-state index contributed by atoms with van der Waals surface area (Å²) in [5.74, 6) is -0.288. The molecule has 0 saturated carbocycles. The molecule has 0 N–H and O–H groups in total. The van der Waals surface area contributed by atoms with E-state index >= 15 is 0 Å². The van der Waals surface area contributed by atoms with Crippen molar-refractivity contribution < 1.29 is 22.2 Å². The molecule has 23 heavy (non-hydrogen) atoms. The minimum Gasteiger partial charge on any atom is -0.283 e. The second kappa shape index (κ2) is 7.70. The summed E-state index contributed by atoms with van der Waals surface area (Å²) in [4.78, 5) is 24.6. The van der Waals surface area contributed by atoms with Crippen LogP contribution in [0.3, 0.4) is 0 Å². The predicted molar refractivity (Wildman–Crippen MR) is 84.1 cm³/mol. The lowest BCUT2D eigenvalue weighted by molar-refractivity contribution is -0.148. The van der Waals surface area contributed by atoms with Crippen molar-refractivity contribution in [3.8, 4) is 0 Å². The molecule has 1 aliphatic heterocycles. The fourth-order valence-corrected chi connectivity index (χ4v) is 3.31. The number of unbranched alkanes of at least 4 members (excludes halogenated alkanes) is 1. The highest BCUT2D eigenvalue weighted by molar-refractivity contribution is 7.86. The summed E-state index contributed by atoms with van der Waals surface area (Å²) in [6, 6.07) is 6.44. The average Bonchev–Trinajstić information content (AvgIpc) is 2.50. The topological polar surface area (TPSA) is 80.8 Å². The molecule has 2 rings (SSSR count). The lowest BCUT2D eigenvalue weighted by atomic mass is 10.1. The van der Waals surface area contributed by atoms with Gasteiger partial charge in [0.15, 0.2) is 0 Å². The molecule has 0 atom stereocenters. The molecule has 6 nitrogen and oxygen atoms in total. The third-order valence-corrected chi connectivity index (χ3v) is 5.03. The molecule has 1 heterocycles. The third-order valence-electron chi connectivity index (χ3n) is 3.71. The summed E-state index contributed by atoms with van der Waals surface area (Å²) in [6.07, 6.45) is 2.42. The standard InChI is InChI=1S/C16H21NO5S/c1-13-7-9-14(10-8-13)23(20,21)22-12-3-2-11-17-15(18)5-4-6-16(17)19/h7-10H,2-6,11-12H2,1H3. The Bertz CT molecular complexity index is 650. The monoisotopic (exact) mass is 339 g/mol. The maximum absolute atomic E-state index is 12.0. The largest absolute Gasteiger partial charge is 0.296 e. The van der Waals surface area contributed by atoms with E-state index in [1.54, 1.807) is 12.1 Å². The molecule has 2 amide bonds. The van der Waals surface area contributed by atoms with Crippen LogP contribution in [0.1, 0.15) is 37.7 Å². The summed E-state index contributed by atoms with van der Waals surface area (Å²) in [6.45, 7) is 2.23. The van der Waals surface area contributed by atoms with Crippen LogP contribution < -0.4 is 0 Å². The number of carbonyl (C=O) groups excluding carboxylic acids is 2. The number of carbonyl (C=O) groups is 2. The summed E-state index contributed by atoms with van der Waals surface area (Å²) < 4.78 is 28.9. The fraction of sp³-hybridized carbons (Fsp3) is 0.500. The van der Waals surface area contributed by atoms with Crippen LogP contribution >= 0.6 is 0 Å². The molecule has 1 aromatic rings. The molecule has 1 fully saturated rings. The van der Waals surface area contributed by atoms with Gasteiger partial charge in [-0.3, -0.25) is 18.7 Å². The molecule has 0 spiro atoms. The molecule has 1 aliphatic rings. The zero-order valence-electron chi connectivity index (χ0n) is 13.2. The quantitative estimate of drug-likeness (QED) is 0.431. The molecule has 126 valence electrons. The van der Waals surface area contributed by atoms with Crippen LogP contribution in [-0.2, 0) is 23.9 Å². The smallest absolute Gasteiger partial charge is 0.283 e. The second-order valence-electron chi connectivity index (χ2n) is 5.59. The van der Waals surface area contributed by atoms with Gasteiger partial charge in [-0.2, -0.15) is 8.42 Å². The third kappa shape index (κ3) is 4.87. The Labute approximate surface area is 136 Å². The highest BCUT2D eigenvalue weighted by atomic mass is 32.2. The number of rotatable bonds is 7. The summed E-state index contributed by atoms with van der Waals surface area (Å²) in [5, 5.41) is 0. The average molecular weight is 339 g/mol. The first kappa shape index (κ1) is 17.6. The minimum atomic E-state index is -3.75. The zero-order chi connectivity index (χ0) is 16.9. The van der Waals surface area contributed by atoms with E-state index in [1.807, 2.05) is 6.92 Å². The van der Waals surface area contributed by atoms with E-state index in [0.29, 0.717) is 38.6 Å². The first-order valence-electron chi connectivity index (χ1n) is 7.69. The lowest BCUT2D eigenvalue weighted by Crippen LogP contribution is -2.40. The Morgan fingerprint density at radius 1 is 1.04 bits per heavy atom. The Kier molecular flexibility index (Phi) is 5.90. The van der Waals surface area contributed by atoms with Crippen molar-refractivity contribution in [3.63, 3.8) is 0 Å². The molecular formula is C16H21NO5S. The number of amides is 2. The molecule has 1 saturated heterocycles. The van der Waals surface area contributed by atoms with Gasteiger partial charge in [0.2, 0.25) is 11.8 Å². The fourth-order valence-electron chi connectivity index (χ4n) is 2.36. The lowest BCUT2D eigenvalue weighted by Gasteiger charge is -2.24. The predicted octanol–water partition coefficient (Wildman–Crippen LogP) is 2.02. The summed E-state index contributed by atoms with van der Waals surface area (Å²) in [7, 11) is -3.75. The number of hydrogen-bond donors (Lipinski definition) is 0. The number of piperidine rings is 1. The molecule has 0 unspecified atom stereocenters. The van der Waals surface area contributed by atoms with Gasteiger partial charge in [-0.15, -0.1) is 0 Å². The van der Waals surface area contributed by atoms with Crippen molar-refractivity contribution in [3.05, 3.63) is 29.8 Å². The molecule has 7 heteroatoms. The normalized spacial score (nSPS) is 16.0. The first-order valence-corrected chi connectivity index (χ1v) is 9.10.